The van der Waals surface area contributed by atoms with Gasteiger partial charge in [-0.05, 0) is 34.1 Å². The molecule has 19 heavy (non-hydrogen) atoms. The molecule has 100 valence electrons. The summed E-state index contributed by atoms with van der Waals surface area (Å²) in [5, 5.41) is 0. The second-order valence-corrected chi connectivity index (χ2v) is 6.07. The van der Waals surface area contributed by atoms with E-state index in [1.54, 1.807) is 0 Å². The normalized spacial score (nSPS) is 11.3. The zero-order chi connectivity index (χ0) is 14.0. The third kappa shape index (κ3) is 3.18. The van der Waals surface area contributed by atoms with Gasteiger partial charge in [0, 0.05) is 10.7 Å². The highest BCUT2D eigenvalue weighted by Crippen LogP contribution is 2.22. The Morgan fingerprint density at radius 3 is 2.63 bits per heavy atom. The van der Waals surface area contributed by atoms with E-state index in [2.05, 4.69) is 30.6 Å². The van der Waals surface area contributed by atoms with Crippen LogP contribution in [0.1, 0.15) is 0 Å². The van der Waals surface area contributed by atoms with Gasteiger partial charge < -0.3 is 5.73 Å². The van der Waals surface area contributed by atoms with Crippen LogP contribution in [0.2, 0.25) is 0 Å². The maximum atomic E-state index is 12.7. The molecule has 0 aromatic carbocycles. The van der Waals surface area contributed by atoms with Gasteiger partial charge in [-0.1, -0.05) is 0 Å². The van der Waals surface area contributed by atoms with Crippen molar-refractivity contribution in [1.29, 1.82) is 0 Å². The number of nitrogens with two attached hydrogens (primary N) is 1. The number of pyridine rings is 2. The summed E-state index contributed by atoms with van der Waals surface area (Å²) in [6.45, 7) is 0. The first-order chi connectivity index (χ1) is 8.88. The van der Waals surface area contributed by atoms with Crippen LogP contribution in [-0.4, -0.2) is 18.4 Å². The number of nitrogen functional groups attached to an aromatic ring is 1. The summed E-state index contributed by atoms with van der Waals surface area (Å²) in [4.78, 5) is 7.15. The van der Waals surface area contributed by atoms with Gasteiger partial charge in [0.1, 0.15) is 22.3 Å². The highest BCUT2D eigenvalue weighted by atomic mass is 79.9. The van der Waals surface area contributed by atoms with Gasteiger partial charge in [0.15, 0.2) is 0 Å². The fourth-order valence-corrected chi connectivity index (χ4v) is 2.87. The average Bonchev–Trinajstić information content (AvgIpc) is 2.35. The lowest BCUT2D eigenvalue weighted by molar-refractivity contribution is 0.600. The van der Waals surface area contributed by atoms with E-state index in [1.165, 1.54) is 18.3 Å². The predicted molar refractivity (Wildman–Crippen MR) is 71.4 cm³/mol. The molecule has 0 saturated carbocycles. The molecule has 0 radical (unpaired) electrons. The van der Waals surface area contributed by atoms with Gasteiger partial charge in [0.25, 0.3) is 10.0 Å². The maximum absolute atomic E-state index is 12.7. The number of nitrogens with zero attached hydrogens (tertiary/aromatic N) is 2. The van der Waals surface area contributed by atoms with Gasteiger partial charge in [-0.3, -0.25) is 4.72 Å². The molecule has 2 heterocycles. The van der Waals surface area contributed by atoms with Crippen molar-refractivity contribution >= 4 is 37.6 Å². The van der Waals surface area contributed by atoms with E-state index in [4.69, 9.17) is 5.73 Å². The molecule has 0 aliphatic rings. The molecule has 0 aliphatic heterocycles. The molecular weight excluding hydrogens is 339 g/mol. The molecule has 0 unspecified atom stereocenters. The Labute approximate surface area is 117 Å². The summed E-state index contributed by atoms with van der Waals surface area (Å²) in [6.07, 6.45) is 2.28. The van der Waals surface area contributed by atoms with Crippen molar-refractivity contribution < 1.29 is 12.8 Å². The Morgan fingerprint density at radius 2 is 2.00 bits per heavy atom. The monoisotopic (exact) mass is 346 g/mol. The van der Waals surface area contributed by atoms with Crippen LogP contribution in [0, 0.1) is 5.82 Å². The molecule has 2 rings (SSSR count). The summed E-state index contributed by atoms with van der Waals surface area (Å²) >= 11 is 3.11. The third-order valence-corrected chi connectivity index (χ3v) is 3.92. The molecule has 0 aliphatic carbocycles. The molecule has 0 saturated heterocycles. The summed E-state index contributed by atoms with van der Waals surface area (Å²) < 4.78 is 39.5. The number of rotatable bonds is 3. The molecule has 2 aromatic rings. The second kappa shape index (κ2) is 5.10. The number of halogens is 2. The molecular formula is C10H8BrFN4O2S. The number of hydrogen-bond acceptors (Lipinski definition) is 5. The van der Waals surface area contributed by atoms with Crippen LogP contribution in [0.3, 0.4) is 0 Å². The molecule has 2 aromatic heterocycles. The largest absolute Gasteiger partial charge is 0.383 e. The Hall–Kier alpha value is -1.74. The van der Waals surface area contributed by atoms with E-state index < -0.39 is 15.8 Å². The average molecular weight is 347 g/mol. The lowest BCUT2D eigenvalue weighted by atomic mass is 10.5. The second-order valence-electron chi connectivity index (χ2n) is 3.50. The van der Waals surface area contributed by atoms with E-state index in [0.717, 1.165) is 12.3 Å². The fraction of sp³-hybridized carbons (Fsp3) is 0. The lowest BCUT2D eigenvalue weighted by Crippen LogP contribution is -2.16. The number of nitrogens with one attached hydrogen (secondary N) is 1. The lowest BCUT2D eigenvalue weighted by Gasteiger charge is -2.09. The topological polar surface area (TPSA) is 98.0 Å². The predicted octanol–water partition coefficient (Wildman–Crippen LogP) is 1.76. The van der Waals surface area contributed by atoms with E-state index in [-0.39, 0.29) is 16.5 Å². The van der Waals surface area contributed by atoms with Crippen LogP contribution in [0.4, 0.5) is 16.0 Å². The van der Waals surface area contributed by atoms with Crippen molar-refractivity contribution in [2.24, 2.45) is 0 Å². The van der Waals surface area contributed by atoms with Crippen molar-refractivity contribution in [3.63, 3.8) is 0 Å². The molecule has 9 heteroatoms. The van der Waals surface area contributed by atoms with Gasteiger partial charge in [0.05, 0.1) is 6.20 Å². The standard InChI is InChI=1S/C10H8BrFN4O2S/c11-6-3-8(10(13)15-4-6)19(17,18)16-9-2-1-7(12)5-14-9/h1-5H,(H2,13,15)(H,14,16). The van der Waals surface area contributed by atoms with E-state index in [9.17, 15) is 12.8 Å². The van der Waals surface area contributed by atoms with Crippen LogP contribution >= 0.6 is 15.9 Å². The zero-order valence-electron chi connectivity index (χ0n) is 9.34. The van der Waals surface area contributed by atoms with Crippen molar-refractivity contribution in [2.45, 2.75) is 4.90 Å². The summed E-state index contributed by atoms with van der Waals surface area (Å²) in [5.41, 5.74) is 5.52. The van der Waals surface area contributed by atoms with Crippen molar-refractivity contribution in [3.05, 3.63) is 40.9 Å². The summed E-state index contributed by atoms with van der Waals surface area (Å²) in [5.74, 6) is -0.717. The Kier molecular flexibility index (Phi) is 3.67. The Bertz CT molecular complexity index is 706. The van der Waals surface area contributed by atoms with Crippen molar-refractivity contribution in [2.75, 3.05) is 10.5 Å². The zero-order valence-corrected chi connectivity index (χ0v) is 11.7. The first kappa shape index (κ1) is 13.7. The quantitative estimate of drug-likeness (QED) is 0.882. The molecule has 0 spiro atoms. The Morgan fingerprint density at radius 1 is 1.26 bits per heavy atom. The SMILES string of the molecule is Nc1ncc(Br)cc1S(=O)(=O)Nc1ccc(F)cn1. The highest BCUT2D eigenvalue weighted by Gasteiger charge is 2.19. The van der Waals surface area contributed by atoms with E-state index in [0.29, 0.717) is 4.47 Å². The number of hydrogen-bond donors (Lipinski definition) is 2. The van der Waals surface area contributed by atoms with Crippen LogP contribution < -0.4 is 10.5 Å². The minimum Gasteiger partial charge on any atom is -0.383 e. The number of sulfonamides is 1. The molecule has 6 nitrogen and oxygen atoms in total. The van der Waals surface area contributed by atoms with Crippen molar-refractivity contribution in [1.82, 2.24) is 9.97 Å². The van der Waals surface area contributed by atoms with E-state index >= 15 is 0 Å². The van der Waals surface area contributed by atoms with E-state index in [1.807, 2.05) is 0 Å². The minimum atomic E-state index is -3.93. The molecule has 0 fully saturated rings. The fourth-order valence-electron chi connectivity index (χ4n) is 1.28. The highest BCUT2D eigenvalue weighted by molar-refractivity contribution is 9.10. The van der Waals surface area contributed by atoms with Crippen LogP contribution in [0.15, 0.2) is 40.0 Å². The first-order valence-corrected chi connectivity index (χ1v) is 7.21. The van der Waals surface area contributed by atoms with Gasteiger partial charge in [-0.25, -0.2) is 22.8 Å². The maximum Gasteiger partial charge on any atom is 0.266 e. The number of aromatic nitrogens is 2. The van der Waals surface area contributed by atoms with Crippen molar-refractivity contribution in [3.8, 4) is 0 Å². The van der Waals surface area contributed by atoms with Crippen LogP contribution in [0.25, 0.3) is 0 Å². The molecule has 0 bridgehead atoms. The third-order valence-electron chi connectivity index (χ3n) is 2.10. The molecule has 3 N–H and O–H groups in total. The summed E-state index contributed by atoms with van der Waals surface area (Å²) in [6, 6.07) is 3.61. The minimum absolute atomic E-state index is 0.0132. The smallest absolute Gasteiger partial charge is 0.266 e. The van der Waals surface area contributed by atoms with Gasteiger partial charge >= 0.3 is 0 Å². The van der Waals surface area contributed by atoms with Crippen LogP contribution in [0.5, 0.6) is 0 Å². The van der Waals surface area contributed by atoms with Gasteiger partial charge in [-0.2, -0.15) is 0 Å². The molecule has 0 atom stereocenters. The number of anilines is 2. The molecule has 0 amide bonds. The van der Waals surface area contributed by atoms with Gasteiger partial charge in [0.2, 0.25) is 0 Å². The van der Waals surface area contributed by atoms with Crippen LogP contribution in [-0.2, 0) is 10.0 Å². The Balaban J connectivity index is 2.37. The van der Waals surface area contributed by atoms with Gasteiger partial charge in [-0.15, -0.1) is 0 Å². The first-order valence-electron chi connectivity index (χ1n) is 4.94. The summed E-state index contributed by atoms with van der Waals surface area (Å²) in [7, 11) is -3.93.